The van der Waals surface area contributed by atoms with Crippen LogP contribution in [0.25, 0.3) is 0 Å². The Morgan fingerprint density at radius 3 is 0.763 bits per heavy atom. The number of phosphoric acid groups is 2. The second kappa shape index (κ2) is 63.5. The fourth-order valence-corrected chi connectivity index (χ4v) is 12.7. The van der Waals surface area contributed by atoms with E-state index in [9.17, 15) is 43.2 Å². The van der Waals surface area contributed by atoms with E-state index in [2.05, 4.69) is 55.4 Å². The highest BCUT2D eigenvalue weighted by Crippen LogP contribution is 2.45. The molecule has 19 heteroatoms. The number of carbonyl (C=O) groups is 4. The smallest absolute Gasteiger partial charge is 0.462 e. The predicted molar refractivity (Wildman–Crippen MR) is 377 cm³/mol. The number of unbranched alkanes of at least 4 members (excludes halogenated alkanes) is 36. The maximum absolute atomic E-state index is 13.0. The van der Waals surface area contributed by atoms with Crippen molar-refractivity contribution in [1.82, 2.24) is 0 Å². The number of ether oxygens (including phenoxy) is 4. The Labute approximate surface area is 568 Å². The molecule has 0 bridgehead atoms. The van der Waals surface area contributed by atoms with Gasteiger partial charge in [0.15, 0.2) is 12.2 Å². The van der Waals surface area contributed by atoms with E-state index in [-0.39, 0.29) is 25.7 Å². The van der Waals surface area contributed by atoms with Crippen LogP contribution in [-0.4, -0.2) is 96.7 Å². The van der Waals surface area contributed by atoms with Gasteiger partial charge in [0, 0.05) is 25.7 Å². The summed E-state index contributed by atoms with van der Waals surface area (Å²) < 4.78 is 68.5. The number of phosphoric ester groups is 2. The minimum absolute atomic E-state index is 0.105. The van der Waals surface area contributed by atoms with Crippen LogP contribution in [0, 0.1) is 23.7 Å². The molecule has 0 fully saturated rings. The van der Waals surface area contributed by atoms with Gasteiger partial charge in [0.1, 0.15) is 19.3 Å². The number of carbonyl (C=O) groups excluding carboxylic acids is 4. The lowest BCUT2D eigenvalue weighted by molar-refractivity contribution is -0.161. The van der Waals surface area contributed by atoms with Crippen LogP contribution in [0.1, 0.15) is 370 Å². The average molecular weight is 1370 g/mol. The molecule has 0 radical (unpaired) electrons. The summed E-state index contributed by atoms with van der Waals surface area (Å²) in [5.74, 6) is 0.912. The molecule has 3 unspecified atom stereocenters. The number of aliphatic hydroxyl groups excluding tert-OH is 1. The summed E-state index contributed by atoms with van der Waals surface area (Å²) in [6, 6.07) is 0. The van der Waals surface area contributed by atoms with Gasteiger partial charge in [-0.2, -0.15) is 0 Å². The second-order valence-electron chi connectivity index (χ2n) is 28.4. The predicted octanol–water partition coefficient (Wildman–Crippen LogP) is 21.3. The van der Waals surface area contributed by atoms with E-state index in [1.807, 2.05) is 0 Å². The van der Waals surface area contributed by atoms with E-state index in [1.165, 1.54) is 167 Å². The van der Waals surface area contributed by atoms with Crippen LogP contribution in [0.3, 0.4) is 0 Å². The molecule has 0 rings (SSSR count). The van der Waals surface area contributed by atoms with Gasteiger partial charge in [0.25, 0.3) is 0 Å². The van der Waals surface area contributed by atoms with Crippen molar-refractivity contribution in [1.29, 1.82) is 0 Å². The van der Waals surface area contributed by atoms with Gasteiger partial charge >= 0.3 is 39.5 Å². The van der Waals surface area contributed by atoms with Crippen molar-refractivity contribution in [2.45, 2.75) is 388 Å². The summed E-state index contributed by atoms with van der Waals surface area (Å²) in [5, 5.41) is 10.6. The van der Waals surface area contributed by atoms with Gasteiger partial charge in [-0.05, 0) is 49.4 Å². The van der Waals surface area contributed by atoms with E-state index < -0.39 is 97.5 Å². The van der Waals surface area contributed by atoms with E-state index in [4.69, 9.17) is 37.0 Å². The van der Waals surface area contributed by atoms with Crippen molar-refractivity contribution < 1.29 is 80.2 Å². The van der Waals surface area contributed by atoms with Gasteiger partial charge in [-0.3, -0.25) is 37.3 Å². The molecule has 0 aliphatic heterocycles. The molecule has 0 aliphatic carbocycles. The van der Waals surface area contributed by atoms with Crippen molar-refractivity contribution in [3.63, 3.8) is 0 Å². The van der Waals surface area contributed by atoms with Crippen molar-refractivity contribution in [2.75, 3.05) is 39.6 Å². The zero-order valence-electron chi connectivity index (χ0n) is 60.9. The Bertz CT molecular complexity index is 1840. The van der Waals surface area contributed by atoms with Crippen LogP contribution < -0.4 is 0 Å². The van der Waals surface area contributed by atoms with Crippen molar-refractivity contribution in [3.8, 4) is 0 Å². The summed E-state index contributed by atoms with van der Waals surface area (Å²) in [6.45, 7) is 14.2. The Morgan fingerprint density at radius 2 is 0.516 bits per heavy atom. The van der Waals surface area contributed by atoms with Crippen LogP contribution in [0.5, 0.6) is 0 Å². The molecule has 552 valence electrons. The van der Waals surface area contributed by atoms with Crippen LogP contribution in [0.2, 0.25) is 0 Å². The lowest BCUT2D eigenvalue weighted by Gasteiger charge is -2.21. The van der Waals surface area contributed by atoms with Gasteiger partial charge in [0.2, 0.25) is 0 Å². The van der Waals surface area contributed by atoms with Gasteiger partial charge < -0.3 is 33.8 Å². The molecule has 0 spiro atoms. The average Bonchev–Trinajstić information content (AvgIpc) is 1.58. The molecule has 0 aromatic heterocycles. The lowest BCUT2D eigenvalue weighted by Crippen LogP contribution is -2.30. The monoisotopic (exact) mass is 1370 g/mol. The first-order chi connectivity index (χ1) is 44.6. The van der Waals surface area contributed by atoms with Crippen LogP contribution in [0.4, 0.5) is 0 Å². The second-order valence-corrected chi connectivity index (χ2v) is 31.3. The fourth-order valence-electron chi connectivity index (χ4n) is 11.2. The van der Waals surface area contributed by atoms with Gasteiger partial charge in [-0.15, -0.1) is 0 Å². The van der Waals surface area contributed by atoms with E-state index in [0.29, 0.717) is 25.7 Å². The summed E-state index contributed by atoms with van der Waals surface area (Å²) in [6.07, 6.45) is 47.2. The third-order valence-corrected chi connectivity index (χ3v) is 19.3. The van der Waals surface area contributed by atoms with E-state index in [1.54, 1.807) is 0 Å². The molecule has 0 saturated heterocycles. The molecular weight excluding hydrogens is 1220 g/mol. The molecule has 0 heterocycles. The Morgan fingerprint density at radius 1 is 0.301 bits per heavy atom. The molecule has 0 saturated carbocycles. The molecule has 0 amide bonds. The van der Waals surface area contributed by atoms with E-state index >= 15 is 0 Å². The highest BCUT2D eigenvalue weighted by molar-refractivity contribution is 7.47. The third-order valence-electron chi connectivity index (χ3n) is 17.4. The number of esters is 4. The number of aliphatic hydroxyl groups is 1. The molecule has 3 N–H and O–H groups in total. The quantitative estimate of drug-likeness (QED) is 0.0222. The highest BCUT2D eigenvalue weighted by Gasteiger charge is 2.30. The molecule has 6 atom stereocenters. The normalized spacial score (nSPS) is 14.5. The number of rotatable bonds is 71. The molecule has 0 aliphatic rings. The van der Waals surface area contributed by atoms with E-state index in [0.717, 1.165) is 120 Å². The van der Waals surface area contributed by atoms with Crippen LogP contribution in [-0.2, 0) is 65.4 Å². The molecule has 0 aromatic rings. The number of hydrogen-bond donors (Lipinski definition) is 3. The molecule has 93 heavy (non-hydrogen) atoms. The summed E-state index contributed by atoms with van der Waals surface area (Å²) in [5.41, 5.74) is 0. The highest BCUT2D eigenvalue weighted by atomic mass is 31.2. The molecule has 0 aromatic carbocycles. The van der Waals surface area contributed by atoms with Gasteiger partial charge in [0.05, 0.1) is 26.4 Å². The molecular formula is C74H144O17P2. The fraction of sp³-hybridized carbons (Fsp3) is 0.946. The third kappa shape index (κ3) is 67.0. The summed E-state index contributed by atoms with van der Waals surface area (Å²) >= 11 is 0. The van der Waals surface area contributed by atoms with Crippen molar-refractivity contribution >= 4 is 39.5 Å². The molecule has 17 nitrogen and oxygen atoms in total. The lowest BCUT2D eigenvalue weighted by atomic mass is 10.00. The van der Waals surface area contributed by atoms with Crippen LogP contribution >= 0.6 is 15.6 Å². The SMILES string of the molecule is CCC(C)CCCCCCCCC(=O)OC[C@H](COP(=O)(O)OC[C@H](O)COP(=O)(O)OC[C@@H](COC(=O)CCCCCCCCCCCCC(C)C)OC(=O)CCCCCCCCCCCCC(C)C)OC(=O)CCCCCCCCCCCCCCCCC(C)C. The number of hydrogen-bond acceptors (Lipinski definition) is 15. The maximum Gasteiger partial charge on any atom is 0.472 e. The minimum Gasteiger partial charge on any atom is -0.462 e. The first-order valence-corrected chi connectivity index (χ1v) is 41.2. The summed E-state index contributed by atoms with van der Waals surface area (Å²) in [7, 11) is -9.91. The van der Waals surface area contributed by atoms with Crippen LogP contribution in [0.15, 0.2) is 0 Å². The zero-order chi connectivity index (χ0) is 68.9. The summed E-state index contributed by atoms with van der Waals surface area (Å²) in [4.78, 5) is 72.7. The van der Waals surface area contributed by atoms with Gasteiger partial charge in [-0.25, -0.2) is 9.13 Å². The maximum atomic E-state index is 13.0. The largest absolute Gasteiger partial charge is 0.472 e. The van der Waals surface area contributed by atoms with Crippen molar-refractivity contribution in [3.05, 3.63) is 0 Å². The van der Waals surface area contributed by atoms with Crippen molar-refractivity contribution in [2.24, 2.45) is 23.7 Å². The Hall–Kier alpha value is -1.94. The Kier molecular flexibility index (Phi) is 62.2. The Balaban J connectivity index is 5.25. The first-order valence-electron chi connectivity index (χ1n) is 38.2. The zero-order valence-corrected chi connectivity index (χ0v) is 62.7. The standard InChI is InChI=1S/C74H144O17P2/c1-9-67(8)53-45-37-32-33-39-47-55-72(77)85-61-70(91-73(78)56-48-40-30-24-15-13-11-10-12-14-20-26-34-42-50-64(2)3)63-89-93(82,83)87-59-68(75)58-86-92(80,81)88-62-69(90-74(79)57-49-41-31-25-19-17-22-28-36-44-52-66(6)7)60-84-71(76)54-46-38-29-23-18-16-21-27-35-43-51-65(4)5/h64-70,75H,9-63H2,1-8H3,(H,80,81)(H,82,83)/t67?,68-,69-,70-/m1/s1. The van der Waals surface area contributed by atoms with Gasteiger partial charge in [-0.1, -0.05) is 319 Å². The first kappa shape index (κ1) is 91.1. The topological polar surface area (TPSA) is 237 Å². The minimum atomic E-state index is -4.96.